The Morgan fingerprint density at radius 2 is 1.89 bits per heavy atom. The molecule has 4 heterocycles. The van der Waals surface area contributed by atoms with Gasteiger partial charge in [0.05, 0.1) is 23.9 Å². The Morgan fingerprint density at radius 1 is 1.11 bits per heavy atom. The fourth-order valence-corrected chi connectivity index (χ4v) is 5.29. The van der Waals surface area contributed by atoms with Gasteiger partial charge in [0.2, 0.25) is 5.91 Å². The predicted octanol–water partition coefficient (Wildman–Crippen LogP) is 2.43. The van der Waals surface area contributed by atoms with E-state index in [-0.39, 0.29) is 18.1 Å². The highest BCUT2D eigenvalue weighted by atomic mass is 19.1. The maximum absolute atomic E-state index is 14.4. The lowest BCUT2D eigenvalue weighted by Gasteiger charge is -2.40. The van der Waals surface area contributed by atoms with Crippen LogP contribution in [0.3, 0.4) is 0 Å². The van der Waals surface area contributed by atoms with Gasteiger partial charge in [-0.3, -0.25) is 19.7 Å². The molecule has 2 aromatic heterocycles. The van der Waals surface area contributed by atoms with Crippen LogP contribution in [-0.2, 0) is 17.9 Å². The number of benzene rings is 1. The van der Waals surface area contributed by atoms with E-state index in [4.69, 9.17) is 5.21 Å². The van der Waals surface area contributed by atoms with Crippen LogP contribution in [-0.4, -0.2) is 73.3 Å². The van der Waals surface area contributed by atoms with Crippen LogP contribution < -0.4 is 5.48 Å². The number of hydroxylamine groups is 1. The quantitative estimate of drug-likeness (QED) is 0.331. The van der Waals surface area contributed by atoms with Crippen molar-refractivity contribution in [1.29, 1.82) is 0 Å². The van der Waals surface area contributed by atoms with Gasteiger partial charge in [0.15, 0.2) is 0 Å². The van der Waals surface area contributed by atoms with E-state index in [2.05, 4.69) is 9.88 Å². The molecule has 0 atom stereocenters. The average Bonchev–Trinajstić information content (AvgIpc) is 3.44. The number of aromatic nitrogens is 2. The van der Waals surface area contributed by atoms with E-state index in [1.807, 2.05) is 6.20 Å². The smallest absolute Gasteiger partial charge is 0.293 e. The summed E-state index contributed by atoms with van der Waals surface area (Å²) < 4.78 is 29.6. The monoisotopic (exact) mass is 513 g/mol. The minimum absolute atomic E-state index is 0.0327. The van der Waals surface area contributed by atoms with Gasteiger partial charge in [0, 0.05) is 62.4 Å². The summed E-state index contributed by atoms with van der Waals surface area (Å²) >= 11 is 0. The first-order valence-corrected chi connectivity index (χ1v) is 12.3. The number of halogens is 2. The molecule has 2 aliphatic heterocycles. The Bertz CT molecular complexity index is 1340. The van der Waals surface area contributed by atoms with Gasteiger partial charge >= 0.3 is 0 Å². The molecule has 0 aliphatic carbocycles. The summed E-state index contributed by atoms with van der Waals surface area (Å²) in [7, 11) is 0. The predicted molar refractivity (Wildman–Crippen MR) is 130 cm³/mol. The molecule has 2 saturated heterocycles. The van der Waals surface area contributed by atoms with Crippen molar-refractivity contribution >= 4 is 22.7 Å². The molecule has 3 aromatic rings. The molecular formula is C26H29F2N5O4. The molecular weight excluding hydrogens is 484 g/mol. The molecule has 11 heteroatoms. The third kappa shape index (κ3) is 5.34. The van der Waals surface area contributed by atoms with Crippen LogP contribution >= 0.6 is 0 Å². The third-order valence-electron chi connectivity index (χ3n) is 7.38. The molecule has 1 aromatic carbocycles. The summed E-state index contributed by atoms with van der Waals surface area (Å²) in [5.41, 5.74) is 2.54. The molecule has 0 spiro atoms. The van der Waals surface area contributed by atoms with Crippen LogP contribution in [0, 0.1) is 11.6 Å². The van der Waals surface area contributed by atoms with Gasteiger partial charge in [-0.25, -0.2) is 19.2 Å². The van der Waals surface area contributed by atoms with Crippen molar-refractivity contribution in [2.75, 3.05) is 26.2 Å². The van der Waals surface area contributed by atoms with E-state index >= 15 is 0 Å². The molecule has 3 N–H and O–H groups in total. The first-order valence-electron chi connectivity index (χ1n) is 12.3. The highest BCUT2D eigenvalue weighted by Gasteiger charge is 2.36. The topological polar surface area (TPSA) is 111 Å². The van der Waals surface area contributed by atoms with Crippen LogP contribution in [0.5, 0.6) is 0 Å². The van der Waals surface area contributed by atoms with E-state index in [9.17, 15) is 23.5 Å². The lowest BCUT2D eigenvalue weighted by atomic mass is 9.90. The van der Waals surface area contributed by atoms with E-state index < -0.39 is 23.1 Å². The number of amides is 2. The van der Waals surface area contributed by atoms with Crippen molar-refractivity contribution in [2.24, 2.45) is 0 Å². The van der Waals surface area contributed by atoms with Crippen LogP contribution in [0.15, 0.2) is 36.7 Å². The molecule has 2 aliphatic rings. The first kappa shape index (κ1) is 25.2. The summed E-state index contributed by atoms with van der Waals surface area (Å²) in [6.07, 6.45) is 5.77. The number of likely N-dealkylation sites (tertiary alicyclic amines) is 2. The second-order valence-corrected chi connectivity index (χ2v) is 9.96. The van der Waals surface area contributed by atoms with Crippen LogP contribution in [0.2, 0.25) is 0 Å². The summed E-state index contributed by atoms with van der Waals surface area (Å²) in [6, 6.07) is 5.02. The lowest BCUT2D eigenvalue weighted by Crippen LogP contribution is -2.51. The van der Waals surface area contributed by atoms with Crippen molar-refractivity contribution < 1.29 is 28.7 Å². The molecule has 5 rings (SSSR count). The Morgan fingerprint density at radius 3 is 2.57 bits per heavy atom. The average molecular weight is 514 g/mol. The number of hydrogen-bond donors (Lipinski definition) is 3. The number of piperidine rings is 1. The Labute approximate surface area is 212 Å². The number of hydrogen-bond acceptors (Lipinski definition) is 6. The van der Waals surface area contributed by atoms with Crippen molar-refractivity contribution in [3.63, 3.8) is 0 Å². The second kappa shape index (κ2) is 10.2. The molecule has 2 fully saturated rings. The van der Waals surface area contributed by atoms with Gasteiger partial charge in [0.25, 0.3) is 5.91 Å². The summed E-state index contributed by atoms with van der Waals surface area (Å²) in [4.78, 5) is 32.0. The van der Waals surface area contributed by atoms with Crippen molar-refractivity contribution in [1.82, 2.24) is 24.8 Å². The van der Waals surface area contributed by atoms with Crippen LogP contribution in [0.4, 0.5) is 8.78 Å². The molecule has 37 heavy (non-hydrogen) atoms. The molecule has 0 unspecified atom stereocenters. The summed E-state index contributed by atoms with van der Waals surface area (Å²) in [5, 5.41) is 20.8. The molecule has 196 valence electrons. The zero-order valence-electron chi connectivity index (χ0n) is 20.3. The van der Waals surface area contributed by atoms with Gasteiger partial charge in [-0.1, -0.05) is 6.07 Å². The number of fused-ring (bicyclic) bond motifs is 1. The normalized spacial score (nSPS) is 18.1. The number of nitrogens with zero attached hydrogens (tertiary/aromatic N) is 4. The molecule has 9 nitrogen and oxygen atoms in total. The van der Waals surface area contributed by atoms with Gasteiger partial charge in [-0.2, -0.15) is 0 Å². The van der Waals surface area contributed by atoms with Gasteiger partial charge in [-0.15, -0.1) is 0 Å². The van der Waals surface area contributed by atoms with Gasteiger partial charge in [-0.05, 0) is 37.0 Å². The first-order chi connectivity index (χ1) is 17.7. The molecule has 2 amide bonds. The fraction of sp³-hybridized carbons (Fsp3) is 0.423. The van der Waals surface area contributed by atoms with Gasteiger partial charge < -0.3 is 14.6 Å². The van der Waals surface area contributed by atoms with Crippen molar-refractivity contribution in [3.8, 4) is 0 Å². The lowest BCUT2D eigenvalue weighted by molar-refractivity contribution is -0.132. The van der Waals surface area contributed by atoms with Crippen LogP contribution in [0.1, 0.15) is 47.3 Å². The van der Waals surface area contributed by atoms with E-state index in [0.29, 0.717) is 63.1 Å². The Hall–Kier alpha value is -3.41. The Kier molecular flexibility index (Phi) is 6.93. The number of carbonyl (C=O) groups excluding carboxylic acids is 2. The zero-order chi connectivity index (χ0) is 26.2. The largest absolute Gasteiger partial charge is 0.388 e. The highest BCUT2D eigenvalue weighted by Crippen LogP contribution is 2.29. The fourth-order valence-electron chi connectivity index (χ4n) is 5.29. The van der Waals surface area contributed by atoms with Crippen molar-refractivity contribution in [2.45, 2.75) is 44.4 Å². The standard InChI is InChI=1S/C26H29F2N5O4/c27-19-4-3-17(21(28)10-19)14-33-15-18(20-11-22(25(35)30-37)29-12-23(20)33)13-31-8-5-26(36,6-9-31)16-32-7-1-2-24(32)34/h3-4,10-12,15,36-37H,1-2,5-9,13-14,16H2,(H,30,35). The summed E-state index contributed by atoms with van der Waals surface area (Å²) in [5.74, 6) is -1.96. The molecule has 0 radical (unpaired) electrons. The van der Waals surface area contributed by atoms with Gasteiger partial charge in [0.1, 0.15) is 17.3 Å². The minimum atomic E-state index is -0.916. The summed E-state index contributed by atoms with van der Waals surface area (Å²) in [6.45, 7) is 2.93. The minimum Gasteiger partial charge on any atom is -0.388 e. The Balaban J connectivity index is 1.37. The third-order valence-corrected chi connectivity index (χ3v) is 7.38. The van der Waals surface area contributed by atoms with E-state index in [1.165, 1.54) is 18.3 Å². The van der Waals surface area contributed by atoms with Crippen LogP contribution in [0.25, 0.3) is 10.9 Å². The number of pyridine rings is 1. The molecule has 0 bridgehead atoms. The number of nitrogens with one attached hydrogen (secondary N) is 1. The zero-order valence-corrected chi connectivity index (χ0v) is 20.3. The van der Waals surface area contributed by atoms with E-state index in [0.717, 1.165) is 23.4 Å². The number of aliphatic hydroxyl groups is 1. The second-order valence-electron chi connectivity index (χ2n) is 9.96. The number of rotatable bonds is 7. The number of β-amino-alcohol motifs (C(OH)–C–C–N with tert-alkyl or cyclic N) is 1. The van der Waals surface area contributed by atoms with E-state index in [1.54, 1.807) is 21.0 Å². The molecule has 0 saturated carbocycles. The maximum Gasteiger partial charge on any atom is 0.293 e. The number of carbonyl (C=O) groups is 2. The highest BCUT2D eigenvalue weighted by molar-refractivity contribution is 5.96. The maximum atomic E-state index is 14.4. The SMILES string of the molecule is O=C(NO)c1cc2c(CN3CCC(O)(CN4CCCC4=O)CC3)cn(Cc3ccc(F)cc3F)c2cn1. The van der Waals surface area contributed by atoms with Crippen molar-refractivity contribution in [3.05, 3.63) is 65.1 Å².